The van der Waals surface area contributed by atoms with E-state index in [4.69, 9.17) is 0 Å². The van der Waals surface area contributed by atoms with E-state index in [9.17, 15) is 0 Å². The van der Waals surface area contributed by atoms with Gasteiger partial charge < -0.3 is 5.32 Å². The molecular formula is C16H22N2. The van der Waals surface area contributed by atoms with Crippen molar-refractivity contribution in [3.05, 3.63) is 42.1 Å². The summed E-state index contributed by atoms with van der Waals surface area (Å²) in [6.45, 7) is 6.83. The van der Waals surface area contributed by atoms with Gasteiger partial charge in [-0.1, -0.05) is 39.0 Å². The summed E-state index contributed by atoms with van der Waals surface area (Å²) in [6, 6.07) is 10.9. The van der Waals surface area contributed by atoms with Crippen LogP contribution in [0.4, 0.5) is 0 Å². The van der Waals surface area contributed by atoms with E-state index in [1.54, 1.807) is 0 Å². The molecule has 0 aliphatic heterocycles. The Bertz CT molecular complexity index is 519. The van der Waals surface area contributed by atoms with Crippen LogP contribution < -0.4 is 5.32 Å². The van der Waals surface area contributed by atoms with Crippen molar-refractivity contribution in [1.82, 2.24) is 10.3 Å². The SMILES string of the molecule is CNC(c1cnc2ccccc2c1)C(C)C(C)C. The summed E-state index contributed by atoms with van der Waals surface area (Å²) < 4.78 is 0. The lowest BCUT2D eigenvalue weighted by atomic mass is 9.86. The van der Waals surface area contributed by atoms with Crippen molar-refractivity contribution in [2.75, 3.05) is 7.05 Å². The molecule has 1 N–H and O–H groups in total. The van der Waals surface area contributed by atoms with Gasteiger partial charge in [0, 0.05) is 17.6 Å². The smallest absolute Gasteiger partial charge is 0.0702 e. The van der Waals surface area contributed by atoms with Gasteiger partial charge in [-0.15, -0.1) is 0 Å². The second kappa shape index (κ2) is 5.49. The van der Waals surface area contributed by atoms with Crippen LogP contribution in [0.15, 0.2) is 36.5 Å². The summed E-state index contributed by atoms with van der Waals surface area (Å²) in [4.78, 5) is 4.55. The third-order valence-corrected chi connectivity index (χ3v) is 3.86. The molecule has 0 saturated heterocycles. The third kappa shape index (κ3) is 2.54. The zero-order valence-electron chi connectivity index (χ0n) is 11.6. The van der Waals surface area contributed by atoms with Crippen molar-refractivity contribution in [3.63, 3.8) is 0 Å². The minimum atomic E-state index is 0.363. The fraction of sp³-hybridized carbons (Fsp3) is 0.438. The number of benzene rings is 1. The first-order chi connectivity index (χ1) is 8.63. The van der Waals surface area contributed by atoms with Crippen LogP contribution >= 0.6 is 0 Å². The van der Waals surface area contributed by atoms with E-state index in [0.717, 1.165) is 5.52 Å². The van der Waals surface area contributed by atoms with Crippen molar-refractivity contribution < 1.29 is 0 Å². The fourth-order valence-electron chi connectivity index (χ4n) is 2.38. The highest BCUT2D eigenvalue weighted by atomic mass is 14.9. The number of nitrogens with one attached hydrogen (secondary N) is 1. The Morgan fingerprint density at radius 3 is 2.50 bits per heavy atom. The Labute approximate surface area is 109 Å². The van der Waals surface area contributed by atoms with Crippen molar-refractivity contribution >= 4 is 10.9 Å². The molecule has 2 unspecified atom stereocenters. The number of rotatable bonds is 4. The molecule has 0 radical (unpaired) electrons. The summed E-state index contributed by atoms with van der Waals surface area (Å²) in [5.74, 6) is 1.23. The molecule has 1 aromatic carbocycles. The minimum absolute atomic E-state index is 0.363. The van der Waals surface area contributed by atoms with Gasteiger partial charge in [0.25, 0.3) is 0 Å². The monoisotopic (exact) mass is 242 g/mol. The molecule has 0 aliphatic carbocycles. The molecule has 0 spiro atoms. The first-order valence-electron chi connectivity index (χ1n) is 6.65. The second-order valence-corrected chi connectivity index (χ2v) is 5.33. The Kier molecular flexibility index (Phi) is 3.97. The van der Waals surface area contributed by atoms with Gasteiger partial charge in [0.1, 0.15) is 0 Å². The maximum Gasteiger partial charge on any atom is 0.0702 e. The molecule has 0 fully saturated rings. The summed E-state index contributed by atoms with van der Waals surface area (Å²) >= 11 is 0. The van der Waals surface area contributed by atoms with Crippen LogP contribution in [0.25, 0.3) is 10.9 Å². The molecule has 96 valence electrons. The van der Waals surface area contributed by atoms with Crippen LogP contribution in [-0.4, -0.2) is 12.0 Å². The summed E-state index contributed by atoms with van der Waals surface area (Å²) in [7, 11) is 2.03. The Morgan fingerprint density at radius 2 is 1.83 bits per heavy atom. The topological polar surface area (TPSA) is 24.9 Å². The van der Waals surface area contributed by atoms with Crippen LogP contribution in [0.3, 0.4) is 0 Å². The van der Waals surface area contributed by atoms with Crippen molar-refractivity contribution in [2.24, 2.45) is 11.8 Å². The highest BCUT2D eigenvalue weighted by molar-refractivity contribution is 5.78. The molecule has 1 aromatic heterocycles. The van der Waals surface area contributed by atoms with Crippen molar-refractivity contribution in [2.45, 2.75) is 26.8 Å². The van der Waals surface area contributed by atoms with Gasteiger partial charge in [-0.3, -0.25) is 4.98 Å². The van der Waals surface area contributed by atoms with Crippen LogP contribution in [0.2, 0.25) is 0 Å². The number of pyridine rings is 1. The van der Waals surface area contributed by atoms with E-state index in [2.05, 4.69) is 55.3 Å². The standard InChI is InChI=1S/C16H22N2/c1-11(2)12(3)16(17-4)14-9-13-7-5-6-8-15(13)18-10-14/h5-12,16-17H,1-4H3. The molecule has 18 heavy (non-hydrogen) atoms. The average Bonchev–Trinajstić information content (AvgIpc) is 2.39. The van der Waals surface area contributed by atoms with E-state index < -0.39 is 0 Å². The van der Waals surface area contributed by atoms with Gasteiger partial charge in [-0.25, -0.2) is 0 Å². The quantitative estimate of drug-likeness (QED) is 0.882. The molecule has 1 heterocycles. The normalized spacial score (nSPS) is 14.9. The summed E-state index contributed by atoms with van der Waals surface area (Å²) in [5.41, 5.74) is 2.34. The van der Waals surface area contributed by atoms with E-state index in [0.29, 0.717) is 17.9 Å². The molecule has 0 amide bonds. The van der Waals surface area contributed by atoms with Crippen LogP contribution in [0.5, 0.6) is 0 Å². The Morgan fingerprint density at radius 1 is 1.11 bits per heavy atom. The zero-order chi connectivity index (χ0) is 13.1. The van der Waals surface area contributed by atoms with Crippen molar-refractivity contribution in [1.29, 1.82) is 0 Å². The third-order valence-electron chi connectivity index (χ3n) is 3.86. The second-order valence-electron chi connectivity index (χ2n) is 5.33. The van der Waals surface area contributed by atoms with Gasteiger partial charge in [0.2, 0.25) is 0 Å². The predicted molar refractivity (Wildman–Crippen MR) is 77.5 cm³/mol. The highest BCUT2D eigenvalue weighted by Gasteiger charge is 2.20. The fourth-order valence-corrected chi connectivity index (χ4v) is 2.38. The van der Waals surface area contributed by atoms with Gasteiger partial charge in [-0.05, 0) is 36.6 Å². The van der Waals surface area contributed by atoms with Crippen molar-refractivity contribution in [3.8, 4) is 0 Å². The van der Waals surface area contributed by atoms with Gasteiger partial charge in [-0.2, -0.15) is 0 Å². The first kappa shape index (κ1) is 13.0. The molecule has 0 saturated carbocycles. The summed E-state index contributed by atoms with van der Waals surface area (Å²) in [6.07, 6.45) is 2.00. The van der Waals surface area contributed by atoms with Gasteiger partial charge >= 0.3 is 0 Å². The Balaban J connectivity index is 2.39. The maximum absolute atomic E-state index is 4.55. The number of hydrogen-bond acceptors (Lipinski definition) is 2. The first-order valence-corrected chi connectivity index (χ1v) is 6.65. The summed E-state index contributed by atoms with van der Waals surface area (Å²) in [5, 5.41) is 4.64. The molecule has 0 bridgehead atoms. The lowest BCUT2D eigenvalue weighted by Crippen LogP contribution is -2.26. The number of para-hydroxylation sites is 1. The number of fused-ring (bicyclic) bond motifs is 1. The largest absolute Gasteiger partial charge is 0.313 e. The molecule has 2 aromatic rings. The zero-order valence-corrected chi connectivity index (χ0v) is 11.6. The lowest BCUT2D eigenvalue weighted by Gasteiger charge is -2.27. The van der Waals surface area contributed by atoms with E-state index in [-0.39, 0.29) is 0 Å². The van der Waals surface area contributed by atoms with Gasteiger partial charge in [0.05, 0.1) is 5.52 Å². The number of aromatic nitrogens is 1. The maximum atomic E-state index is 4.55. The van der Waals surface area contributed by atoms with Crippen LogP contribution in [0, 0.1) is 11.8 Å². The average molecular weight is 242 g/mol. The van der Waals surface area contributed by atoms with E-state index in [1.165, 1.54) is 10.9 Å². The molecule has 2 nitrogen and oxygen atoms in total. The predicted octanol–water partition coefficient (Wildman–Crippen LogP) is 3.79. The van der Waals surface area contributed by atoms with E-state index in [1.807, 2.05) is 19.3 Å². The van der Waals surface area contributed by atoms with Gasteiger partial charge in [0.15, 0.2) is 0 Å². The Hall–Kier alpha value is -1.41. The molecule has 2 heteroatoms. The molecular weight excluding hydrogens is 220 g/mol. The highest BCUT2D eigenvalue weighted by Crippen LogP contribution is 2.28. The van der Waals surface area contributed by atoms with Crippen LogP contribution in [0.1, 0.15) is 32.4 Å². The molecule has 2 rings (SSSR count). The van der Waals surface area contributed by atoms with E-state index >= 15 is 0 Å². The minimum Gasteiger partial charge on any atom is -0.313 e. The number of nitrogens with zero attached hydrogens (tertiary/aromatic N) is 1. The molecule has 0 aliphatic rings. The van der Waals surface area contributed by atoms with Crippen LogP contribution in [-0.2, 0) is 0 Å². The lowest BCUT2D eigenvalue weighted by molar-refractivity contribution is 0.317. The number of hydrogen-bond donors (Lipinski definition) is 1. The molecule has 2 atom stereocenters.